The van der Waals surface area contributed by atoms with Crippen LogP contribution in [0.25, 0.3) is 10.9 Å². The highest BCUT2D eigenvalue weighted by molar-refractivity contribution is 5.84. The van der Waals surface area contributed by atoms with E-state index in [9.17, 15) is 22.4 Å². The minimum absolute atomic E-state index is 0.0161. The largest absolute Gasteiger partial charge is 0.451 e. The number of benzene rings is 1. The van der Waals surface area contributed by atoms with E-state index in [1.165, 1.54) is 11.0 Å². The lowest BCUT2D eigenvalue weighted by atomic mass is 10.0. The highest BCUT2D eigenvalue weighted by Crippen LogP contribution is 2.29. The summed E-state index contributed by atoms with van der Waals surface area (Å²) in [5, 5.41) is 7.47. The zero-order chi connectivity index (χ0) is 20.8. The van der Waals surface area contributed by atoms with Gasteiger partial charge >= 0.3 is 6.18 Å². The van der Waals surface area contributed by atoms with Gasteiger partial charge in [-0.05, 0) is 18.1 Å². The smallest absolute Gasteiger partial charge is 0.359 e. The molecule has 0 fully saturated rings. The Morgan fingerprint density at radius 2 is 2.07 bits per heavy atom. The zero-order valence-corrected chi connectivity index (χ0v) is 15.2. The summed E-state index contributed by atoms with van der Waals surface area (Å²) < 4.78 is 53.5. The number of fused-ring (bicyclic) bond motifs is 2. The van der Waals surface area contributed by atoms with Crippen molar-refractivity contribution in [3.05, 3.63) is 47.4 Å². The van der Waals surface area contributed by atoms with E-state index in [2.05, 4.69) is 15.2 Å². The van der Waals surface area contributed by atoms with Gasteiger partial charge in [0.1, 0.15) is 5.82 Å². The number of halogens is 4. The van der Waals surface area contributed by atoms with Crippen LogP contribution in [0.3, 0.4) is 0 Å². The number of nitrogens with two attached hydrogens (primary N) is 1. The number of para-hydroxylation sites is 1. The zero-order valence-electron chi connectivity index (χ0n) is 15.2. The van der Waals surface area contributed by atoms with Gasteiger partial charge in [0.25, 0.3) is 0 Å². The normalized spacial score (nSPS) is 15.6. The monoisotopic (exact) mass is 410 g/mol. The van der Waals surface area contributed by atoms with Gasteiger partial charge < -0.3 is 20.2 Å². The van der Waals surface area contributed by atoms with Crippen molar-refractivity contribution in [3.8, 4) is 0 Å². The van der Waals surface area contributed by atoms with Gasteiger partial charge in [0.2, 0.25) is 11.7 Å². The molecular weight excluding hydrogens is 392 g/mol. The van der Waals surface area contributed by atoms with Crippen LogP contribution in [0.2, 0.25) is 0 Å². The third-order valence-corrected chi connectivity index (χ3v) is 5.03. The molecule has 29 heavy (non-hydrogen) atoms. The number of rotatable bonds is 4. The molecule has 1 aromatic carbocycles. The molecule has 0 radical (unpaired) electrons. The maximum atomic E-state index is 13.8. The Balaban J connectivity index is 1.40. The number of carbonyl (C=O) groups excluding carboxylic acids is 1. The minimum atomic E-state index is -4.58. The quantitative estimate of drug-likeness (QED) is 0.645. The lowest BCUT2D eigenvalue weighted by molar-refractivity contribution is -0.148. The first-order valence-corrected chi connectivity index (χ1v) is 9.01. The predicted molar refractivity (Wildman–Crippen MR) is 95.0 cm³/mol. The molecule has 3 N–H and O–H groups in total. The number of hydrogen-bond donors (Lipinski definition) is 2. The Morgan fingerprint density at radius 1 is 1.28 bits per heavy atom. The van der Waals surface area contributed by atoms with Gasteiger partial charge in [-0.2, -0.15) is 13.2 Å². The SMILES string of the molecule is NC(CC(=O)N1CCn2c(nnc2C(F)(F)F)C1)Cc1c[nH]c2c(F)cccc12. The van der Waals surface area contributed by atoms with Crippen LogP contribution in [0.5, 0.6) is 0 Å². The Morgan fingerprint density at radius 3 is 2.83 bits per heavy atom. The minimum Gasteiger partial charge on any atom is -0.359 e. The molecule has 11 heteroatoms. The van der Waals surface area contributed by atoms with E-state index in [1.807, 2.05) is 0 Å². The van der Waals surface area contributed by atoms with Crippen LogP contribution in [0.15, 0.2) is 24.4 Å². The van der Waals surface area contributed by atoms with Crippen LogP contribution in [-0.4, -0.2) is 43.1 Å². The van der Waals surface area contributed by atoms with E-state index in [0.717, 1.165) is 10.1 Å². The average molecular weight is 410 g/mol. The summed E-state index contributed by atoms with van der Waals surface area (Å²) in [6, 6.07) is 4.21. The second-order valence-corrected chi connectivity index (χ2v) is 7.05. The van der Waals surface area contributed by atoms with Crippen molar-refractivity contribution in [1.82, 2.24) is 24.6 Å². The fourth-order valence-electron chi connectivity index (χ4n) is 3.63. The van der Waals surface area contributed by atoms with Crippen molar-refractivity contribution >= 4 is 16.8 Å². The van der Waals surface area contributed by atoms with Crippen LogP contribution in [-0.2, 0) is 30.5 Å². The van der Waals surface area contributed by atoms with Crippen molar-refractivity contribution in [2.24, 2.45) is 5.73 Å². The first-order chi connectivity index (χ1) is 13.7. The first kappa shape index (κ1) is 19.4. The topological polar surface area (TPSA) is 92.8 Å². The molecule has 4 rings (SSSR count). The van der Waals surface area contributed by atoms with Crippen LogP contribution < -0.4 is 5.73 Å². The lowest BCUT2D eigenvalue weighted by Gasteiger charge is -2.29. The van der Waals surface area contributed by atoms with Crippen LogP contribution in [0, 0.1) is 5.82 Å². The van der Waals surface area contributed by atoms with E-state index >= 15 is 0 Å². The van der Waals surface area contributed by atoms with Gasteiger partial charge in [-0.1, -0.05) is 12.1 Å². The molecule has 1 aliphatic rings. The van der Waals surface area contributed by atoms with Crippen molar-refractivity contribution < 1.29 is 22.4 Å². The highest BCUT2D eigenvalue weighted by Gasteiger charge is 2.39. The van der Waals surface area contributed by atoms with E-state index in [1.54, 1.807) is 18.3 Å². The first-order valence-electron chi connectivity index (χ1n) is 9.01. The summed E-state index contributed by atoms with van der Waals surface area (Å²) in [6.07, 6.45) is -2.54. The van der Waals surface area contributed by atoms with E-state index in [-0.39, 0.29) is 43.6 Å². The Hall–Kier alpha value is -2.95. The molecule has 0 aliphatic carbocycles. The van der Waals surface area contributed by atoms with Crippen molar-refractivity contribution in [3.63, 3.8) is 0 Å². The number of alkyl halides is 3. The fourth-order valence-corrected chi connectivity index (χ4v) is 3.63. The van der Waals surface area contributed by atoms with Crippen molar-refractivity contribution in [2.45, 2.75) is 38.1 Å². The predicted octanol–water partition coefficient (Wildman–Crippen LogP) is 2.22. The molecule has 154 valence electrons. The highest BCUT2D eigenvalue weighted by atomic mass is 19.4. The second kappa shape index (κ2) is 7.14. The standard InChI is InChI=1S/C18H18F4N6O/c19-13-3-1-2-12-10(8-24-16(12)13)6-11(23)7-15(29)27-4-5-28-14(9-27)25-26-17(28)18(20,21)22/h1-3,8,11,24H,4-7,9,23H2. The van der Waals surface area contributed by atoms with Gasteiger partial charge in [0.15, 0.2) is 5.82 Å². The summed E-state index contributed by atoms with van der Waals surface area (Å²) in [4.78, 5) is 16.9. The molecule has 0 spiro atoms. The molecule has 3 aromatic rings. The molecule has 0 saturated heterocycles. The number of nitrogens with one attached hydrogen (secondary N) is 1. The van der Waals surface area contributed by atoms with Crippen molar-refractivity contribution in [1.29, 1.82) is 0 Å². The fraction of sp³-hybridized carbons (Fsp3) is 0.389. The third kappa shape index (κ3) is 3.69. The van der Waals surface area contributed by atoms with Gasteiger partial charge in [-0.15, -0.1) is 10.2 Å². The lowest BCUT2D eigenvalue weighted by Crippen LogP contribution is -2.42. The summed E-state index contributed by atoms with van der Waals surface area (Å²) in [5.74, 6) is -1.60. The molecule has 0 bridgehead atoms. The summed E-state index contributed by atoms with van der Waals surface area (Å²) >= 11 is 0. The van der Waals surface area contributed by atoms with Crippen LogP contribution >= 0.6 is 0 Å². The van der Waals surface area contributed by atoms with E-state index in [4.69, 9.17) is 5.73 Å². The molecular formula is C18H18F4N6O. The summed E-state index contributed by atoms with van der Waals surface area (Å²) in [6.45, 7) is 0.0464. The van der Waals surface area contributed by atoms with Gasteiger partial charge in [-0.3, -0.25) is 4.79 Å². The third-order valence-electron chi connectivity index (χ3n) is 5.03. The number of amides is 1. The van der Waals surface area contributed by atoms with Gasteiger partial charge in [-0.25, -0.2) is 4.39 Å². The Bertz CT molecular complexity index is 1060. The van der Waals surface area contributed by atoms with Crippen LogP contribution in [0.4, 0.5) is 17.6 Å². The number of carbonyl (C=O) groups is 1. The van der Waals surface area contributed by atoms with Gasteiger partial charge in [0, 0.05) is 37.1 Å². The summed E-state index contributed by atoms with van der Waals surface area (Å²) in [5.41, 5.74) is 7.31. The summed E-state index contributed by atoms with van der Waals surface area (Å²) in [7, 11) is 0. The number of nitrogens with zero attached hydrogens (tertiary/aromatic N) is 4. The molecule has 1 amide bonds. The molecule has 1 aliphatic heterocycles. The Labute approximate surface area is 162 Å². The maximum absolute atomic E-state index is 13.8. The van der Waals surface area contributed by atoms with Crippen molar-refractivity contribution in [2.75, 3.05) is 6.54 Å². The molecule has 2 aromatic heterocycles. The average Bonchev–Trinajstić information content (AvgIpc) is 3.26. The number of aromatic nitrogens is 4. The molecule has 1 unspecified atom stereocenters. The molecule has 1 atom stereocenters. The van der Waals surface area contributed by atoms with Gasteiger partial charge in [0.05, 0.1) is 12.1 Å². The Kier molecular flexibility index (Phi) is 4.77. The molecule has 3 heterocycles. The molecule has 7 nitrogen and oxygen atoms in total. The second-order valence-electron chi connectivity index (χ2n) is 7.05. The number of aromatic amines is 1. The number of H-pyrrole nitrogens is 1. The maximum Gasteiger partial charge on any atom is 0.451 e. The number of hydrogen-bond acceptors (Lipinski definition) is 4. The van der Waals surface area contributed by atoms with Crippen LogP contribution in [0.1, 0.15) is 23.6 Å². The van der Waals surface area contributed by atoms with E-state index in [0.29, 0.717) is 17.3 Å². The molecule has 0 saturated carbocycles. The van der Waals surface area contributed by atoms with E-state index < -0.39 is 18.0 Å².